The van der Waals surface area contributed by atoms with E-state index in [1.54, 1.807) is 56.5 Å². The topological polar surface area (TPSA) is 84.9 Å². The minimum absolute atomic E-state index is 0.223. The Morgan fingerprint density at radius 2 is 1.76 bits per heavy atom. The van der Waals surface area contributed by atoms with Crippen molar-refractivity contribution in [3.05, 3.63) is 53.6 Å². The number of methoxy groups -OCH3 is 1. The molecule has 0 aromatic heterocycles. The van der Waals surface area contributed by atoms with Crippen molar-refractivity contribution in [2.24, 2.45) is 0 Å². The molecule has 2 atom stereocenters. The number of amides is 1. The average molecular weight is 441 g/mol. The van der Waals surface area contributed by atoms with Crippen LogP contribution < -0.4 is 19.1 Å². The molecular weight excluding hydrogens is 416 g/mol. The molecule has 2 rings (SSSR count). The molecule has 1 amide bonds. The summed E-state index contributed by atoms with van der Waals surface area (Å²) in [7, 11) is -2.12. The van der Waals surface area contributed by atoms with Crippen LogP contribution in [0.5, 0.6) is 11.5 Å². The molecule has 9 heteroatoms. The number of carbonyl (C=O) groups is 1. The molecule has 2 unspecified atom stereocenters. The highest BCUT2D eigenvalue weighted by atomic mass is 35.5. The van der Waals surface area contributed by atoms with E-state index in [1.807, 2.05) is 0 Å². The molecule has 0 spiro atoms. The van der Waals surface area contributed by atoms with Gasteiger partial charge in [0, 0.05) is 5.02 Å². The van der Waals surface area contributed by atoms with Crippen LogP contribution in [0, 0.1) is 0 Å². The molecule has 7 nitrogen and oxygen atoms in total. The molecule has 0 fully saturated rings. The van der Waals surface area contributed by atoms with Gasteiger partial charge in [0.15, 0.2) is 0 Å². The third kappa shape index (κ3) is 6.54. The summed E-state index contributed by atoms with van der Waals surface area (Å²) in [5.74, 6) is 0.910. The molecule has 2 aromatic rings. The van der Waals surface area contributed by atoms with E-state index in [4.69, 9.17) is 21.1 Å². The van der Waals surface area contributed by atoms with Crippen LogP contribution in [0.25, 0.3) is 0 Å². The molecule has 0 aliphatic carbocycles. The lowest BCUT2D eigenvalue weighted by Crippen LogP contribution is -2.50. The molecule has 0 bridgehead atoms. The largest absolute Gasteiger partial charge is 0.497 e. The van der Waals surface area contributed by atoms with Crippen molar-refractivity contribution in [3.63, 3.8) is 0 Å². The number of nitrogens with one attached hydrogen (secondary N) is 1. The van der Waals surface area contributed by atoms with E-state index in [0.29, 0.717) is 16.5 Å². The van der Waals surface area contributed by atoms with Crippen LogP contribution >= 0.6 is 11.6 Å². The van der Waals surface area contributed by atoms with E-state index in [9.17, 15) is 13.2 Å². The first-order chi connectivity index (χ1) is 13.6. The van der Waals surface area contributed by atoms with Crippen molar-refractivity contribution < 1.29 is 22.7 Å². The number of halogens is 1. The first-order valence-electron chi connectivity index (χ1n) is 8.94. The van der Waals surface area contributed by atoms with E-state index in [0.717, 1.165) is 16.3 Å². The van der Waals surface area contributed by atoms with Crippen LogP contribution in [0.15, 0.2) is 48.5 Å². The van der Waals surface area contributed by atoms with Crippen LogP contribution in [0.1, 0.15) is 13.8 Å². The quantitative estimate of drug-likeness (QED) is 0.647. The molecule has 0 radical (unpaired) electrons. The fraction of sp³-hybridized carbons (Fsp3) is 0.350. The predicted molar refractivity (Wildman–Crippen MR) is 114 cm³/mol. The number of carbonyl (C=O) groups excluding carboxylic acids is 1. The van der Waals surface area contributed by atoms with Gasteiger partial charge < -0.3 is 14.8 Å². The first-order valence-corrected chi connectivity index (χ1v) is 11.2. The summed E-state index contributed by atoms with van der Waals surface area (Å²) in [6.07, 6.45) is 1.05. The van der Waals surface area contributed by atoms with E-state index in [1.165, 1.54) is 13.0 Å². The van der Waals surface area contributed by atoms with Crippen molar-refractivity contribution >= 4 is 33.2 Å². The van der Waals surface area contributed by atoms with Crippen molar-refractivity contribution in [1.29, 1.82) is 0 Å². The summed E-state index contributed by atoms with van der Waals surface area (Å²) >= 11 is 5.98. The highest BCUT2D eigenvalue weighted by Crippen LogP contribution is 2.24. The second-order valence-electron chi connectivity index (χ2n) is 6.61. The van der Waals surface area contributed by atoms with Gasteiger partial charge in [0.2, 0.25) is 15.9 Å². The molecular formula is C20H25ClN2O5S. The lowest BCUT2D eigenvalue weighted by molar-refractivity contribution is -0.122. The Hall–Kier alpha value is -2.45. The van der Waals surface area contributed by atoms with Gasteiger partial charge in [-0.2, -0.15) is 0 Å². The first kappa shape index (κ1) is 22.8. The second-order valence-corrected chi connectivity index (χ2v) is 8.91. The fourth-order valence-corrected chi connectivity index (χ4v) is 4.07. The molecule has 0 heterocycles. The van der Waals surface area contributed by atoms with Gasteiger partial charge in [-0.3, -0.25) is 9.10 Å². The summed E-state index contributed by atoms with van der Waals surface area (Å²) in [5.41, 5.74) is 0.324. The Balaban J connectivity index is 2.02. The summed E-state index contributed by atoms with van der Waals surface area (Å²) in [4.78, 5) is 12.7. The van der Waals surface area contributed by atoms with Gasteiger partial charge >= 0.3 is 0 Å². The third-order valence-corrected chi connectivity index (χ3v) is 5.58. The number of nitrogens with zero attached hydrogens (tertiary/aromatic N) is 1. The van der Waals surface area contributed by atoms with E-state index < -0.39 is 22.0 Å². The van der Waals surface area contributed by atoms with Crippen molar-refractivity contribution in [1.82, 2.24) is 5.32 Å². The van der Waals surface area contributed by atoms with E-state index >= 15 is 0 Å². The summed E-state index contributed by atoms with van der Waals surface area (Å²) in [6, 6.07) is 12.1. The minimum atomic E-state index is -3.71. The van der Waals surface area contributed by atoms with Crippen LogP contribution in [-0.2, 0) is 14.8 Å². The molecule has 29 heavy (non-hydrogen) atoms. The molecule has 0 aliphatic rings. The van der Waals surface area contributed by atoms with E-state index in [2.05, 4.69) is 5.32 Å². The fourth-order valence-electron chi connectivity index (χ4n) is 2.72. The van der Waals surface area contributed by atoms with Gasteiger partial charge in [0.25, 0.3) is 0 Å². The lowest BCUT2D eigenvalue weighted by Gasteiger charge is -2.29. The number of hydrogen-bond acceptors (Lipinski definition) is 5. The number of benzene rings is 2. The Bertz CT molecular complexity index is 934. The average Bonchev–Trinajstić information content (AvgIpc) is 2.65. The maximum atomic E-state index is 12.7. The maximum Gasteiger partial charge on any atom is 0.243 e. The molecule has 0 saturated heterocycles. The summed E-state index contributed by atoms with van der Waals surface area (Å²) < 4.78 is 36.4. The van der Waals surface area contributed by atoms with Crippen molar-refractivity contribution in [3.8, 4) is 11.5 Å². The molecule has 158 valence electrons. The Kier molecular flexibility index (Phi) is 7.75. The van der Waals surface area contributed by atoms with Gasteiger partial charge in [-0.15, -0.1) is 0 Å². The Morgan fingerprint density at radius 3 is 2.31 bits per heavy atom. The zero-order valence-corrected chi connectivity index (χ0v) is 18.3. The minimum Gasteiger partial charge on any atom is -0.497 e. The van der Waals surface area contributed by atoms with Crippen LogP contribution in [0.3, 0.4) is 0 Å². The zero-order valence-electron chi connectivity index (χ0n) is 16.8. The van der Waals surface area contributed by atoms with Gasteiger partial charge in [0.05, 0.1) is 25.1 Å². The second kappa shape index (κ2) is 9.84. The van der Waals surface area contributed by atoms with E-state index in [-0.39, 0.29) is 12.6 Å². The maximum absolute atomic E-state index is 12.7. The molecule has 0 saturated carbocycles. The number of sulfonamides is 1. The Labute approximate surface area is 176 Å². The van der Waals surface area contributed by atoms with Crippen LogP contribution in [0.2, 0.25) is 5.02 Å². The van der Waals surface area contributed by atoms with Crippen molar-refractivity contribution in [2.45, 2.75) is 25.9 Å². The molecule has 1 N–H and O–H groups in total. The highest BCUT2D eigenvalue weighted by molar-refractivity contribution is 7.92. The summed E-state index contributed by atoms with van der Waals surface area (Å²) in [6.45, 7) is 3.52. The van der Waals surface area contributed by atoms with Gasteiger partial charge in [0.1, 0.15) is 24.1 Å². The smallest absolute Gasteiger partial charge is 0.243 e. The monoisotopic (exact) mass is 440 g/mol. The normalized spacial score (nSPS) is 13.3. The molecule has 0 aliphatic heterocycles. The SMILES string of the molecule is COc1ccc(OCC(C)NC(=O)C(C)N(c2cccc(Cl)c2)S(C)(=O)=O)cc1. The highest BCUT2D eigenvalue weighted by Gasteiger charge is 2.29. The summed E-state index contributed by atoms with van der Waals surface area (Å²) in [5, 5.41) is 3.16. The van der Waals surface area contributed by atoms with Gasteiger partial charge in [-0.1, -0.05) is 17.7 Å². The standard InChI is InChI=1S/C20H25ClN2O5S/c1-14(13-28-19-10-8-18(27-3)9-11-19)22-20(24)15(2)23(29(4,25)26)17-7-5-6-16(21)12-17/h5-12,14-15H,13H2,1-4H3,(H,22,24). The molecule has 2 aromatic carbocycles. The van der Waals surface area contributed by atoms with Crippen molar-refractivity contribution in [2.75, 3.05) is 24.3 Å². The number of rotatable bonds is 9. The van der Waals surface area contributed by atoms with Gasteiger partial charge in [-0.25, -0.2) is 8.42 Å². The third-order valence-electron chi connectivity index (χ3n) is 4.10. The number of ether oxygens (including phenoxy) is 2. The predicted octanol–water partition coefficient (Wildman–Crippen LogP) is 3.09. The lowest BCUT2D eigenvalue weighted by atomic mass is 10.2. The number of hydrogen-bond donors (Lipinski definition) is 1. The van der Waals surface area contributed by atoms with Crippen LogP contribution in [0.4, 0.5) is 5.69 Å². The van der Waals surface area contributed by atoms with Gasteiger partial charge in [-0.05, 0) is 56.3 Å². The number of anilines is 1. The van der Waals surface area contributed by atoms with Crippen LogP contribution in [-0.4, -0.2) is 46.4 Å². The zero-order chi connectivity index (χ0) is 21.6. The Morgan fingerprint density at radius 1 is 1.14 bits per heavy atom.